The van der Waals surface area contributed by atoms with Crippen molar-refractivity contribution in [1.29, 1.82) is 0 Å². The third kappa shape index (κ3) is 2.17. The Morgan fingerprint density at radius 3 is 2.68 bits per heavy atom. The molecule has 3 aliphatic rings. The van der Waals surface area contributed by atoms with Gasteiger partial charge in [-0.15, -0.1) is 0 Å². The lowest BCUT2D eigenvalue weighted by Crippen LogP contribution is -2.16. The first kappa shape index (κ1) is 14.5. The van der Waals surface area contributed by atoms with Gasteiger partial charge in [0.1, 0.15) is 0 Å². The Morgan fingerprint density at radius 2 is 1.91 bits per heavy atom. The van der Waals surface area contributed by atoms with Crippen LogP contribution in [0.5, 0.6) is 0 Å². The van der Waals surface area contributed by atoms with Gasteiger partial charge in [-0.2, -0.15) is 0 Å². The van der Waals surface area contributed by atoms with E-state index in [9.17, 15) is 0 Å². The van der Waals surface area contributed by atoms with E-state index in [1.54, 1.807) is 5.57 Å². The van der Waals surface area contributed by atoms with Gasteiger partial charge in [0.2, 0.25) is 0 Å². The maximum absolute atomic E-state index is 2.46. The van der Waals surface area contributed by atoms with Gasteiger partial charge < -0.3 is 0 Å². The van der Waals surface area contributed by atoms with E-state index in [1.165, 1.54) is 57.1 Å². The van der Waals surface area contributed by atoms with Crippen LogP contribution in [-0.4, -0.2) is 0 Å². The maximum atomic E-state index is 2.46. The van der Waals surface area contributed by atoms with Crippen molar-refractivity contribution in [2.24, 2.45) is 0 Å². The van der Waals surface area contributed by atoms with Gasteiger partial charge in [0, 0.05) is 5.41 Å². The lowest BCUT2D eigenvalue weighted by atomic mass is 9.79. The highest BCUT2D eigenvalue weighted by atomic mass is 127. The fourth-order valence-electron chi connectivity index (χ4n) is 4.05. The van der Waals surface area contributed by atoms with Crippen molar-refractivity contribution in [3.05, 3.63) is 68.3 Å². The number of fused-ring (bicyclic) bond motifs is 2. The molecule has 0 amide bonds. The molecule has 0 saturated heterocycles. The zero-order valence-electron chi connectivity index (χ0n) is 13.2. The van der Waals surface area contributed by atoms with E-state index in [-0.39, 0.29) is 5.41 Å². The molecule has 0 N–H and O–H groups in total. The minimum atomic E-state index is 0.150. The summed E-state index contributed by atoms with van der Waals surface area (Å²) in [6, 6.07) is 7.17. The molecule has 0 aliphatic heterocycles. The number of hydrogen-bond acceptors (Lipinski definition) is 0. The second-order valence-electron chi connectivity index (χ2n) is 7.02. The van der Waals surface area contributed by atoms with Crippen molar-refractivity contribution >= 4 is 33.7 Å². The highest BCUT2D eigenvalue weighted by Gasteiger charge is 2.37. The van der Waals surface area contributed by atoms with E-state index < -0.39 is 0 Å². The molecule has 0 bridgehead atoms. The molecular formula is C21H21I. The Labute approximate surface area is 146 Å². The average Bonchev–Trinajstić information content (AvgIpc) is 2.77. The van der Waals surface area contributed by atoms with E-state index in [2.05, 4.69) is 78.9 Å². The quantitative estimate of drug-likeness (QED) is 0.468. The second-order valence-corrected chi connectivity index (χ2v) is 8.41. The van der Waals surface area contributed by atoms with Crippen molar-refractivity contribution in [2.75, 3.05) is 0 Å². The van der Waals surface area contributed by atoms with Crippen LogP contribution < -0.4 is 0 Å². The first-order valence-electron chi connectivity index (χ1n) is 8.18. The van der Waals surface area contributed by atoms with Gasteiger partial charge in [-0.1, -0.05) is 50.3 Å². The average molecular weight is 400 g/mol. The Balaban J connectivity index is 1.81. The van der Waals surface area contributed by atoms with Crippen molar-refractivity contribution in [3.63, 3.8) is 0 Å². The van der Waals surface area contributed by atoms with Gasteiger partial charge in [-0.05, 0) is 91.3 Å². The topological polar surface area (TPSA) is 0 Å². The molecule has 0 heterocycles. The molecular weight excluding hydrogens is 379 g/mol. The van der Waals surface area contributed by atoms with Gasteiger partial charge in [-0.25, -0.2) is 0 Å². The second kappa shape index (κ2) is 5.23. The molecule has 22 heavy (non-hydrogen) atoms. The van der Waals surface area contributed by atoms with Crippen molar-refractivity contribution < 1.29 is 0 Å². The number of hydrogen-bond donors (Lipinski definition) is 0. The first-order chi connectivity index (χ1) is 10.6. The fraction of sp³-hybridized carbons (Fsp3) is 0.333. The summed E-state index contributed by atoms with van der Waals surface area (Å²) in [7, 11) is 0. The molecule has 1 aromatic rings. The molecule has 1 heteroatoms. The van der Waals surface area contributed by atoms with Crippen LogP contribution >= 0.6 is 22.6 Å². The summed E-state index contributed by atoms with van der Waals surface area (Å²) in [5, 5.41) is 0. The van der Waals surface area contributed by atoms with Crippen LogP contribution in [0.15, 0.2) is 51.7 Å². The highest BCUT2D eigenvalue weighted by Crippen LogP contribution is 2.50. The van der Waals surface area contributed by atoms with Crippen LogP contribution in [0.4, 0.5) is 0 Å². The molecule has 3 aliphatic carbocycles. The molecule has 0 unspecified atom stereocenters. The molecule has 1 aromatic carbocycles. The molecule has 4 rings (SSSR count). The summed E-state index contributed by atoms with van der Waals surface area (Å²) in [5.41, 5.74) is 9.19. The monoisotopic (exact) mass is 400 g/mol. The standard InChI is InChI=1S/C21H21I/c1-21(2)19-6-4-3-5-17(19)18-12-9-15(13-20(18)21)14-7-10-16(22)11-8-14/h4,6-7,9-10,12-13H,3,5,8,11H2,1-2H3. The van der Waals surface area contributed by atoms with Crippen LogP contribution in [0, 0.1) is 0 Å². The van der Waals surface area contributed by atoms with Crippen LogP contribution in [0.3, 0.4) is 0 Å². The normalized spacial score (nSPS) is 22.1. The van der Waals surface area contributed by atoms with Gasteiger partial charge in [0.05, 0.1) is 0 Å². The predicted octanol–water partition coefficient (Wildman–Crippen LogP) is 6.58. The van der Waals surface area contributed by atoms with E-state index in [0.717, 1.165) is 0 Å². The van der Waals surface area contributed by atoms with Crippen molar-refractivity contribution in [1.82, 2.24) is 0 Å². The number of benzene rings is 1. The summed E-state index contributed by atoms with van der Waals surface area (Å²) in [6.45, 7) is 4.76. The fourth-order valence-corrected chi connectivity index (χ4v) is 4.50. The molecule has 0 nitrogen and oxygen atoms in total. The molecule has 0 atom stereocenters. The zero-order chi connectivity index (χ0) is 15.3. The molecule has 0 radical (unpaired) electrons. The summed E-state index contributed by atoms with van der Waals surface area (Å²) < 4.78 is 1.46. The van der Waals surface area contributed by atoms with Crippen molar-refractivity contribution in [3.8, 4) is 0 Å². The Bertz CT molecular complexity index is 769. The number of allylic oxidation sites excluding steroid dienone is 8. The maximum Gasteiger partial charge on any atom is 0.0155 e. The van der Waals surface area contributed by atoms with Crippen LogP contribution in [0.25, 0.3) is 11.1 Å². The van der Waals surface area contributed by atoms with Crippen LogP contribution in [0.2, 0.25) is 0 Å². The lowest BCUT2D eigenvalue weighted by Gasteiger charge is -2.24. The lowest BCUT2D eigenvalue weighted by molar-refractivity contribution is 0.651. The minimum Gasteiger partial charge on any atom is -0.0839 e. The van der Waals surface area contributed by atoms with Crippen LogP contribution in [-0.2, 0) is 5.41 Å². The van der Waals surface area contributed by atoms with E-state index in [0.29, 0.717) is 0 Å². The largest absolute Gasteiger partial charge is 0.0839 e. The molecule has 0 aromatic heterocycles. The SMILES string of the molecule is CC1(C)C2=C(CCC=C2)c2ccc(C3=CC=C(I)CC3)cc21. The number of halogens is 1. The van der Waals surface area contributed by atoms with E-state index in [4.69, 9.17) is 0 Å². The van der Waals surface area contributed by atoms with Gasteiger partial charge in [0.25, 0.3) is 0 Å². The number of rotatable bonds is 1. The summed E-state index contributed by atoms with van der Waals surface area (Å²) in [6.07, 6.45) is 14.0. The summed E-state index contributed by atoms with van der Waals surface area (Å²) >= 11 is 2.45. The van der Waals surface area contributed by atoms with Gasteiger partial charge >= 0.3 is 0 Å². The highest BCUT2D eigenvalue weighted by molar-refractivity contribution is 14.1. The molecule has 112 valence electrons. The molecule has 0 saturated carbocycles. The molecule has 0 fully saturated rings. The Morgan fingerprint density at radius 1 is 1.05 bits per heavy atom. The summed E-state index contributed by atoms with van der Waals surface area (Å²) in [5.74, 6) is 0. The van der Waals surface area contributed by atoms with E-state index >= 15 is 0 Å². The summed E-state index contributed by atoms with van der Waals surface area (Å²) in [4.78, 5) is 0. The predicted molar refractivity (Wildman–Crippen MR) is 104 cm³/mol. The smallest absolute Gasteiger partial charge is 0.0155 e. The van der Waals surface area contributed by atoms with Crippen LogP contribution in [0.1, 0.15) is 56.2 Å². The third-order valence-corrected chi connectivity index (χ3v) is 6.23. The third-order valence-electron chi connectivity index (χ3n) is 5.33. The van der Waals surface area contributed by atoms with Crippen molar-refractivity contribution in [2.45, 2.75) is 44.9 Å². The van der Waals surface area contributed by atoms with Gasteiger partial charge in [-0.3, -0.25) is 0 Å². The van der Waals surface area contributed by atoms with Gasteiger partial charge in [0.15, 0.2) is 0 Å². The zero-order valence-corrected chi connectivity index (χ0v) is 15.4. The van der Waals surface area contributed by atoms with E-state index in [1.807, 2.05) is 0 Å². The Hall–Kier alpha value is -1.09. The Kier molecular flexibility index (Phi) is 3.44. The first-order valence-corrected chi connectivity index (χ1v) is 9.26. The molecule has 0 spiro atoms. The minimum absolute atomic E-state index is 0.150.